The van der Waals surface area contributed by atoms with Crippen molar-refractivity contribution in [1.82, 2.24) is 5.32 Å². The van der Waals surface area contributed by atoms with E-state index < -0.39 is 11.7 Å². The molecule has 0 bridgehead atoms. The Hall–Kier alpha value is -1.97. The maximum atomic E-state index is 11.5. The molecule has 0 radical (unpaired) electrons. The van der Waals surface area contributed by atoms with E-state index in [0.29, 0.717) is 6.54 Å². The fraction of sp³-hybridized carbons (Fsp3) is 0.471. The number of fused-ring (bicyclic) bond motifs is 1. The van der Waals surface area contributed by atoms with Gasteiger partial charge in [0.1, 0.15) is 17.5 Å². The Balaban J connectivity index is 1.89. The van der Waals surface area contributed by atoms with Gasteiger partial charge in [-0.25, -0.2) is 4.79 Å². The standard InChI is InChI=1S/C17H23NO3/c1-12-11-14-8-5-7-13(15(14)20-12)9-6-10-18-16(19)21-17(2,3)4/h5-9,12H,10-11H2,1-4H3,(H,18,19)/b9-6+. The smallest absolute Gasteiger partial charge is 0.407 e. The van der Waals surface area contributed by atoms with Gasteiger partial charge in [0.15, 0.2) is 0 Å². The Kier molecular flexibility index (Phi) is 4.56. The lowest BCUT2D eigenvalue weighted by Gasteiger charge is -2.19. The lowest BCUT2D eigenvalue weighted by molar-refractivity contribution is 0.0534. The van der Waals surface area contributed by atoms with Crippen molar-refractivity contribution in [3.63, 3.8) is 0 Å². The van der Waals surface area contributed by atoms with Crippen LogP contribution in [0.5, 0.6) is 5.75 Å². The molecule has 0 aliphatic carbocycles. The molecule has 1 aromatic carbocycles. The molecule has 114 valence electrons. The second-order valence-corrected chi connectivity index (χ2v) is 6.25. The third kappa shape index (κ3) is 4.52. The third-order valence-electron chi connectivity index (χ3n) is 3.01. The molecule has 1 heterocycles. The Labute approximate surface area is 126 Å². The molecule has 0 saturated carbocycles. The summed E-state index contributed by atoms with van der Waals surface area (Å²) in [5.74, 6) is 0.957. The summed E-state index contributed by atoms with van der Waals surface area (Å²) < 4.78 is 11.0. The molecular formula is C17H23NO3. The van der Waals surface area contributed by atoms with Crippen LogP contribution in [-0.4, -0.2) is 24.3 Å². The van der Waals surface area contributed by atoms with Crippen LogP contribution in [0.3, 0.4) is 0 Å². The van der Waals surface area contributed by atoms with Crippen molar-refractivity contribution in [2.75, 3.05) is 6.54 Å². The number of amides is 1. The summed E-state index contributed by atoms with van der Waals surface area (Å²) in [6, 6.07) is 6.14. The van der Waals surface area contributed by atoms with Crippen molar-refractivity contribution in [2.45, 2.75) is 45.8 Å². The van der Waals surface area contributed by atoms with Crippen molar-refractivity contribution >= 4 is 12.2 Å². The SMILES string of the molecule is CC1Cc2cccc(/C=C/CNC(=O)OC(C)(C)C)c2O1. The van der Waals surface area contributed by atoms with Gasteiger partial charge in [-0.3, -0.25) is 0 Å². The van der Waals surface area contributed by atoms with Gasteiger partial charge >= 0.3 is 6.09 Å². The Morgan fingerprint density at radius 3 is 2.95 bits per heavy atom. The molecule has 1 N–H and O–H groups in total. The number of carbonyl (C=O) groups excluding carboxylic acids is 1. The van der Waals surface area contributed by atoms with Crippen LogP contribution in [0.25, 0.3) is 6.08 Å². The van der Waals surface area contributed by atoms with E-state index in [1.165, 1.54) is 5.56 Å². The monoisotopic (exact) mass is 289 g/mol. The minimum absolute atomic E-state index is 0.231. The summed E-state index contributed by atoms with van der Waals surface area (Å²) in [6.07, 6.45) is 4.64. The van der Waals surface area contributed by atoms with Crippen molar-refractivity contribution in [2.24, 2.45) is 0 Å². The fourth-order valence-electron chi connectivity index (χ4n) is 2.24. The maximum Gasteiger partial charge on any atom is 0.407 e. The molecule has 2 rings (SSSR count). The zero-order valence-electron chi connectivity index (χ0n) is 13.1. The Morgan fingerprint density at radius 2 is 2.24 bits per heavy atom. The largest absolute Gasteiger partial charge is 0.489 e. The summed E-state index contributed by atoms with van der Waals surface area (Å²) in [5.41, 5.74) is 1.81. The number of carbonyl (C=O) groups is 1. The first kappa shape index (κ1) is 15.4. The van der Waals surface area contributed by atoms with E-state index in [9.17, 15) is 4.79 Å². The van der Waals surface area contributed by atoms with E-state index in [-0.39, 0.29) is 6.10 Å². The van der Waals surface area contributed by atoms with E-state index in [2.05, 4.69) is 18.3 Å². The zero-order chi connectivity index (χ0) is 15.5. The van der Waals surface area contributed by atoms with E-state index in [1.54, 1.807) is 0 Å². The van der Waals surface area contributed by atoms with E-state index in [0.717, 1.165) is 17.7 Å². The fourth-order valence-corrected chi connectivity index (χ4v) is 2.24. The molecule has 21 heavy (non-hydrogen) atoms. The summed E-state index contributed by atoms with van der Waals surface area (Å²) in [4.78, 5) is 11.5. The molecule has 1 atom stereocenters. The average Bonchev–Trinajstić information content (AvgIpc) is 2.73. The van der Waals surface area contributed by atoms with Crippen molar-refractivity contribution in [3.8, 4) is 5.75 Å². The molecule has 1 aromatic rings. The number of hydrogen-bond donors (Lipinski definition) is 1. The summed E-state index contributed by atoms with van der Waals surface area (Å²) in [7, 11) is 0. The number of benzene rings is 1. The molecule has 1 unspecified atom stereocenters. The second-order valence-electron chi connectivity index (χ2n) is 6.25. The summed E-state index contributed by atoms with van der Waals surface area (Å²) in [5, 5.41) is 2.70. The molecule has 1 aliphatic heterocycles. The van der Waals surface area contributed by atoms with Crippen molar-refractivity contribution < 1.29 is 14.3 Å². The molecule has 0 saturated heterocycles. The quantitative estimate of drug-likeness (QED) is 0.925. The van der Waals surface area contributed by atoms with Gasteiger partial charge in [0.05, 0.1) is 0 Å². The lowest BCUT2D eigenvalue weighted by Crippen LogP contribution is -2.32. The predicted molar refractivity (Wildman–Crippen MR) is 83.5 cm³/mol. The van der Waals surface area contributed by atoms with Gasteiger partial charge in [-0.2, -0.15) is 0 Å². The van der Waals surface area contributed by atoms with Gasteiger partial charge in [0.2, 0.25) is 0 Å². The van der Waals surface area contributed by atoms with E-state index in [4.69, 9.17) is 9.47 Å². The van der Waals surface area contributed by atoms with Gasteiger partial charge in [-0.1, -0.05) is 30.4 Å². The Morgan fingerprint density at radius 1 is 1.48 bits per heavy atom. The first-order valence-electron chi connectivity index (χ1n) is 7.27. The second kappa shape index (κ2) is 6.20. The molecule has 0 spiro atoms. The van der Waals surface area contributed by atoms with Gasteiger partial charge in [0.25, 0.3) is 0 Å². The molecule has 4 nitrogen and oxygen atoms in total. The number of rotatable bonds is 3. The van der Waals surface area contributed by atoms with Gasteiger partial charge in [0, 0.05) is 18.5 Å². The maximum absolute atomic E-state index is 11.5. The predicted octanol–water partition coefficient (Wildman–Crippen LogP) is 3.55. The molecule has 0 aromatic heterocycles. The van der Waals surface area contributed by atoms with Gasteiger partial charge < -0.3 is 14.8 Å². The van der Waals surface area contributed by atoms with Crippen LogP contribution in [0, 0.1) is 0 Å². The van der Waals surface area contributed by atoms with Gasteiger partial charge in [-0.15, -0.1) is 0 Å². The highest BCUT2D eigenvalue weighted by atomic mass is 16.6. The van der Waals surface area contributed by atoms with Crippen LogP contribution in [0.2, 0.25) is 0 Å². The van der Waals surface area contributed by atoms with Crippen molar-refractivity contribution in [3.05, 3.63) is 35.4 Å². The van der Waals surface area contributed by atoms with Crippen LogP contribution in [0.4, 0.5) is 4.79 Å². The van der Waals surface area contributed by atoms with E-state index >= 15 is 0 Å². The number of ether oxygens (including phenoxy) is 2. The van der Waals surface area contributed by atoms with Crippen LogP contribution >= 0.6 is 0 Å². The minimum atomic E-state index is -0.474. The number of para-hydroxylation sites is 1. The number of hydrogen-bond acceptors (Lipinski definition) is 3. The summed E-state index contributed by atoms with van der Waals surface area (Å²) in [6.45, 7) is 8.02. The highest BCUT2D eigenvalue weighted by Crippen LogP contribution is 2.33. The molecular weight excluding hydrogens is 266 g/mol. The minimum Gasteiger partial charge on any atom is -0.489 e. The highest BCUT2D eigenvalue weighted by Gasteiger charge is 2.20. The molecule has 1 amide bonds. The summed E-state index contributed by atoms with van der Waals surface area (Å²) >= 11 is 0. The highest BCUT2D eigenvalue weighted by molar-refractivity contribution is 5.68. The third-order valence-corrected chi connectivity index (χ3v) is 3.01. The molecule has 1 aliphatic rings. The first-order chi connectivity index (χ1) is 9.85. The molecule has 4 heteroatoms. The van der Waals surface area contributed by atoms with Crippen LogP contribution in [-0.2, 0) is 11.2 Å². The normalized spacial score (nSPS) is 17.4. The van der Waals surface area contributed by atoms with E-state index in [1.807, 2.05) is 45.1 Å². The van der Waals surface area contributed by atoms with Crippen LogP contribution < -0.4 is 10.1 Å². The Bertz CT molecular complexity index is 543. The topological polar surface area (TPSA) is 47.6 Å². The number of nitrogens with one attached hydrogen (secondary N) is 1. The zero-order valence-corrected chi connectivity index (χ0v) is 13.1. The first-order valence-corrected chi connectivity index (χ1v) is 7.27. The van der Waals surface area contributed by atoms with Crippen molar-refractivity contribution in [1.29, 1.82) is 0 Å². The van der Waals surface area contributed by atoms with Crippen LogP contribution in [0.15, 0.2) is 24.3 Å². The number of alkyl carbamates (subject to hydrolysis) is 1. The lowest BCUT2D eigenvalue weighted by atomic mass is 10.1. The van der Waals surface area contributed by atoms with Gasteiger partial charge in [-0.05, 0) is 33.3 Å². The average molecular weight is 289 g/mol. The molecule has 0 fully saturated rings. The van der Waals surface area contributed by atoms with Crippen LogP contribution in [0.1, 0.15) is 38.8 Å².